The van der Waals surface area contributed by atoms with Crippen molar-refractivity contribution in [2.75, 3.05) is 0 Å². The van der Waals surface area contributed by atoms with Gasteiger partial charge in [-0.1, -0.05) is 18.2 Å². The van der Waals surface area contributed by atoms with Gasteiger partial charge in [-0.05, 0) is 48.4 Å². The summed E-state index contributed by atoms with van der Waals surface area (Å²) in [5, 5.41) is 2.08. The van der Waals surface area contributed by atoms with E-state index >= 15 is 0 Å². The van der Waals surface area contributed by atoms with E-state index in [1.54, 1.807) is 11.3 Å². The van der Waals surface area contributed by atoms with E-state index in [1.807, 2.05) is 12.1 Å². The molecule has 1 atom stereocenters. The molecular weight excluding hydrogens is 247 g/mol. The average Bonchev–Trinajstić information content (AvgIpc) is 2.90. The number of benzene rings is 1. The number of aryl methyl sites for hydroxylation is 1. The maximum Gasteiger partial charge on any atom is 0.123 e. The van der Waals surface area contributed by atoms with Crippen molar-refractivity contribution in [3.63, 3.8) is 0 Å². The topological polar surface area (TPSA) is 38.0 Å². The summed E-state index contributed by atoms with van der Waals surface area (Å²) in [6.45, 7) is 0. The molecule has 0 saturated carbocycles. The van der Waals surface area contributed by atoms with Crippen molar-refractivity contribution < 1.29 is 4.39 Å². The molecule has 18 heavy (non-hydrogen) atoms. The molecule has 3 N–H and O–H groups in total. The maximum absolute atomic E-state index is 12.8. The van der Waals surface area contributed by atoms with Gasteiger partial charge in [-0.2, -0.15) is 0 Å². The first-order valence-electron chi connectivity index (χ1n) is 6.01. The molecule has 1 unspecified atom stereocenters. The van der Waals surface area contributed by atoms with Gasteiger partial charge in [0.15, 0.2) is 0 Å². The SMILES string of the molecule is NNC(CCc1cccs1)Cc1ccc(F)cc1. The van der Waals surface area contributed by atoms with E-state index in [0.29, 0.717) is 0 Å². The van der Waals surface area contributed by atoms with Gasteiger partial charge in [-0.3, -0.25) is 11.3 Å². The molecule has 1 heterocycles. The van der Waals surface area contributed by atoms with Crippen LogP contribution in [0.25, 0.3) is 0 Å². The third-order valence-electron chi connectivity index (χ3n) is 2.95. The zero-order chi connectivity index (χ0) is 12.8. The smallest absolute Gasteiger partial charge is 0.123 e. The third-order valence-corrected chi connectivity index (χ3v) is 3.89. The Hall–Kier alpha value is -1.23. The highest BCUT2D eigenvalue weighted by Crippen LogP contribution is 2.14. The summed E-state index contributed by atoms with van der Waals surface area (Å²) in [7, 11) is 0. The number of nitrogens with one attached hydrogen (secondary N) is 1. The minimum atomic E-state index is -0.199. The van der Waals surface area contributed by atoms with Crippen LogP contribution < -0.4 is 11.3 Å². The summed E-state index contributed by atoms with van der Waals surface area (Å²) < 4.78 is 12.8. The van der Waals surface area contributed by atoms with Gasteiger partial charge in [0.1, 0.15) is 5.82 Å². The van der Waals surface area contributed by atoms with Crippen LogP contribution in [-0.4, -0.2) is 6.04 Å². The van der Waals surface area contributed by atoms with Gasteiger partial charge < -0.3 is 0 Å². The summed E-state index contributed by atoms with van der Waals surface area (Å²) in [4.78, 5) is 1.37. The monoisotopic (exact) mass is 264 g/mol. The molecule has 1 aromatic carbocycles. The number of thiophene rings is 1. The first-order valence-corrected chi connectivity index (χ1v) is 6.89. The van der Waals surface area contributed by atoms with E-state index in [1.165, 1.54) is 17.0 Å². The van der Waals surface area contributed by atoms with E-state index in [9.17, 15) is 4.39 Å². The van der Waals surface area contributed by atoms with Crippen LogP contribution in [0.5, 0.6) is 0 Å². The summed E-state index contributed by atoms with van der Waals surface area (Å²) in [6, 6.07) is 11.0. The predicted molar refractivity (Wildman–Crippen MR) is 73.9 cm³/mol. The lowest BCUT2D eigenvalue weighted by molar-refractivity contribution is 0.492. The number of hydrogen-bond donors (Lipinski definition) is 2. The lowest BCUT2D eigenvalue weighted by atomic mass is 10.0. The summed E-state index contributed by atoms with van der Waals surface area (Å²) in [5.41, 5.74) is 3.94. The average molecular weight is 264 g/mol. The van der Waals surface area contributed by atoms with Crippen molar-refractivity contribution in [2.45, 2.75) is 25.3 Å². The predicted octanol–water partition coefficient (Wildman–Crippen LogP) is 2.89. The largest absolute Gasteiger partial charge is 0.271 e. The first-order chi connectivity index (χ1) is 8.78. The summed E-state index contributed by atoms with van der Waals surface area (Å²) in [5.74, 6) is 5.37. The van der Waals surface area contributed by atoms with Crippen molar-refractivity contribution >= 4 is 11.3 Å². The minimum Gasteiger partial charge on any atom is -0.271 e. The number of rotatable bonds is 6. The normalized spacial score (nSPS) is 12.6. The Labute approximate surface area is 111 Å². The van der Waals surface area contributed by atoms with E-state index in [2.05, 4.69) is 22.9 Å². The fourth-order valence-electron chi connectivity index (χ4n) is 1.92. The van der Waals surface area contributed by atoms with Crippen LogP contribution in [0.1, 0.15) is 16.9 Å². The molecule has 0 fully saturated rings. The van der Waals surface area contributed by atoms with Crippen molar-refractivity contribution in [3.8, 4) is 0 Å². The first kappa shape index (κ1) is 13.2. The Morgan fingerprint density at radius 1 is 1.22 bits per heavy atom. The quantitative estimate of drug-likeness (QED) is 0.622. The Bertz CT molecular complexity index is 453. The van der Waals surface area contributed by atoms with Gasteiger partial charge in [0.25, 0.3) is 0 Å². The van der Waals surface area contributed by atoms with E-state index in [4.69, 9.17) is 5.84 Å². The highest BCUT2D eigenvalue weighted by Gasteiger charge is 2.08. The zero-order valence-corrected chi connectivity index (χ0v) is 10.9. The number of hydrogen-bond acceptors (Lipinski definition) is 3. The Morgan fingerprint density at radius 2 is 2.00 bits per heavy atom. The van der Waals surface area contributed by atoms with Gasteiger partial charge in [0, 0.05) is 10.9 Å². The molecule has 4 heteroatoms. The van der Waals surface area contributed by atoms with E-state index in [-0.39, 0.29) is 11.9 Å². The fourth-order valence-corrected chi connectivity index (χ4v) is 2.65. The number of halogens is 1. The van der Waals surface area contributed by atoms with Crippen molar-refractivity contribution in [3.05, 3.63) is 58.0 Å². The maximum atomic E-state index is 12.8. The Balaban J connectivity index is 1.87. The number of nitrogens with two attached hydrogens (primary N) is 1. The molecule has 1 aromatic heterocycles. The minimum absolute atomic E-state index is 0.199. The molecule has 96 valence electrons. The van der Waals surface area contributed by atoms with Gasteiger partial charge in [-0.25, -0.2) is 4.39 Å². The lowest BCUT2D eigenvalue weighted by Gasteiger charge is -2.15. The van der Waals surface area contributed by atoms with Gasteiger partial charge in [-0.15, -0.1) is 11.3 Å². The fraction of sp³-hybridized carbons (Fsp3) is 0.286. The third kappa shape index (κ3) is 3.91. The Kier molecular flexibility index (Phi) is 4.87. The molecule has 2 nitrogen and oxygen atoms in total. The van der Waals surface area contributed by atoms with Crippen molar-refractivity contribution in [1.29, 1.82) is 0 Å². The molecule has 0 radical (unpaired) electrons. The van der Waals surface area contributed by atoms with Crippen LogP contribution >= 0.6 is 11.3 Å². The second-order valence-corrected chi connectivity index (χ2v) is 5.34. The Morgan fingerprint density at radius 3 is 2.61 bits per heavy atom. The molecule has 0 amide bonds. The highest BCUT2D eigenvalue weighted by atomic mass is 32.1. The van der Waals surface area contributed by atoms with Crippen LogP contribution in [0, 0.1) is 5.82 Å². The standard InChI is InChI=1S/C14H17FN2S/c15-12-5-3-11(4-6-12)10-13(17-16)7-8-14-2-1-9-18-14/h1-6,9,13,17H,7-8,10,16H2. The highest BCUT2D eigenvalue weighted by molar-refractivity contribution is 7.09. The number of hydrazine groups is 1. The second-order valence-electron chi connectivity index (χ2n) is 4.31. The molecule has 0 aliphatic carbocycles. The van der Waals surface area contributed by atoms with E-state index < -0.39 is 0 Å². The van der Waals surface area contributed by atoms with Crippen molar-refractivity contribution in [2.24, 2.45) is 5.84 Å². The van der Waals surface area contributed by atoms with Crippen LogP contribution in [0.3, 0.4) is 0 Å². The van der Waals surface area contributed by atoms with Gasteiger partial charge >= 0.3 is 0 Å². The summed E-state index contributed by atoms with van der Waals surface area (Å²) >= 11 is 1.77. The molecular formula is C14H17FN2S. The molecule has 0 aliphatic rings. The summed E-state index contributed by atoms with van der Waals surface area (Å²) in [6.07, 6.45) is 2.82. The van der Waals surface area contributed by atoms with Gasteiger partial charge in [0.05, 0.1) is 0 Å². The van der Waals surface area contributed by atoms with E-state index in [0.717, 1.165) is 24.8 Å². The molecule has 0 spiro atoms. The van der Waals surface area contributed by atoms with Crippen LogP contribution in [0.4, 0.5) is 4.39 Å². The zero-order valence-electron chi connectivity index (χ0n) is 10.1. The second kappa shape index (κ2) is 6.64. The molecule has 2 aromatic rings. The lowest BCUT2D eigenvalue weighted by Crippen LogP contribution is -2.37. The molecule has 0 saturated heterocycles. The van der Waals surface area contributed by atoms with Crippen LogP contribution in [0.15, 0.2) is 41.8 Å². The van der Waals surface area contributed by atoms with Crippen molar-refractivity contribution in [1.82, 2.24) is 5.43 Å². The molecule has 0 bridgehead atoms. The van der Waals surface area contributed by atoms with Gasteiger partial charge in [0.2, 0.25) is 0 Å². The van der Waals surface area contributed by atoms with Crippen LogP contribution in [0.2, 0.25) is 0 Å². The molecule has 2 rings (SSSR count). The molecule has 0 aliphatic heterocycles. The van der Waals surface area contributed by atoms with Crippen LogP contribution in [-0.2, 0) is 12.8 Å².